The molecule has 0 aliphatic heterocycles. The number of carboxylic acid groups (broad SMARTS) is 1. The predicted molar refractivity (Wildman–Crippen MR) is 50.7 cm³/mol. The van der Waals surface area contributed by atoms with Gasteiger partial charge in [0.15, 0.2) is 5.69 Å². The minimum Gasteiger partial charge on any atom is -0.477 e. The second-order valence-corrected chi connectivity index (χ2v) is 4.69. The van der Waals surface area contributed by atoms with Crippen molar-refractivity contribution in [1.29, 1.82) is 0 Å². The van der Waals surface area contributed by atoms with E-state index in [1.54, 1.807) is 0 Å². The number of alkyl halides is 3. The van der Waals surface area contributed by atoms with Gasteiger partial charge in [0.05, 0.1) is 5.01 Å². The average molecular weight is 251 g/mol. The van der Waals surface area contributed by atoms with Gasteiger partial charge < -0.3 is 5.11 Å². The Morgan fingerprint density at radius 3 is 2.38 bits per heavy atom. The van der Waals surface area contributed by atoms with Crippen LogP contribution < -0.4 is 0 Å². The number of aromatic nitrogens is 1. The maximum Gasteiger partial charge on any atom is 0.435 e. The fourth-order valence-corrected chi connectivity index (χ4v) is 2.60. The largest absolute Gasteiger partial charge is 0.477 e. The molecule has 0 aromatic carbocycles. The molecule has 1 aromatic heterocycles. The van der Waals surface area contributed by atoms with Gasteiger partial charge >= 0.3 is 12.1 Å². The monoisotopic (exact) mass is 251 g/mol. The molecule has 0 unspecified atom stereocenters. The summed E-state index contributed by atoms with van der Waals surface area (Å²) in [7, 11) is 0. The highest BCUT2D eigenvalue weighted by Crippen LogP contribution is 2.42. The second-order valence-electron chi connectivity index (χ2n) is 3.66. The van der Waals surface area contributed by atoms with Crippen LogP contribution in [-0.2, 0) is 6.18 Å². The molecule has 16 heavy (non-hydrogen) atoms. The van der Waals surface area contributed by atoms with Gasteiger partial charge in [-0.05, 0) is 12.8 Å². The van der Waals surface area contributed by atoms with E-state index < -0.39 is 22.7 Å². The lowest BCUT2D eigenvalue weighted by atomic mass is 9.86. The zero-order valence-corrected chi connectivity index (χ0v) is 8.86. The lowest BCUT2D eigenvalue weighted by Gasteiger charge is -2.22. The Morgan fingerprint density at radius 1 is 1.44 bits per heavy atom. The molecule has 0 bridgehead atoms. The number of thiazole rings is 1. The summed E-state index contributed by atoms with van der Waals surface area (Å²) in [5, 5.41) is 8.99. The van der Waals surface area contributed by atoms with Crippen molar-refractivity contribution >= 4 is 17.3 Å². The molecule has 7 heteroatoms. The third-order valence-electron chi connectivity index (χ3n) is 2.56. The standard InChI is InChI=1S/C9H8F3NO2S/c10-9(11,12)6-5(8(14)15)16-7(13-6)4-2-1-3-4/h4H,1-3H2,(H,14,15). The number of aromatic carboxylic acids is 1. The Bertz CT molecular complexity index is 423. The molecule has 88 valence electrons. The van der Waals surface area contributed by atoms with Crippen LogP contribution in [0.2, 0.25) is 0 Å². The quantitative estimate of drug-likeness (QED) is 0.878. The lowest BCUT2D eigenvalue weighted by molar-refractivity contribution is -0.141. The van der Waals surface area contributed by atoms with Crippen LogP contribution in [0.1, 0.15) is 45.6 Å². The van der Waals surface area contributed by atoms with E-state index in [1.807, 2.05) is 0 Å². The van der Waals surface area contributed by atoms with E-state index in [0.717, 1.165) is 19.3 Å². The van der Waals surface area contributed by atoms with Gasteiger partial charge in [-0.25, -0.2) is 9.78 Å². The second kappa shape index (κ2) is 3.73. The SMILES string of the molecule is O=C(O)c1sc(C2CCC2)nc1C(F)(F)F. The summed E-state index contributed by atoms with van der Waals surface area (Å²) in [6.45, 7) is 0. The zero-order valence-electron chi connectivity index (χ0n) is 8.04. The number of hydrogen-bond acceptors (Lipinski definition) is 3. The van der Waals surface area contributed by atoms with E-state index in [9.17, 15) is 18.0 Å². The maximum absolute atomic E-state index is 12.5. The molecular weight excluding hydrogens is 243 g/mol. The highest BCUT2D eigenvalue weighted by molar-refractivity contribution is 7.13. The minimum absolute atomic E-state index is 0.0131. The van der Waals surface area contributed by atoms with Crippen molar-refractivity contribution in [2.24, 2.45) is 0 Å². The smallest absolute Gasteiger partial charge is 0.435 e. The molecule has 0 atom stereocenters. The Kier molecular flexibility index (Phi) is 2.65. The van der Waals surface area contributed by atoms with Crippen molar-refractivity contribution in [1.82, 2.24) is 4.98 Å². The zero-order chi connectivity index (χ0) is 11.9. The van der Waals surface area contributed by atoms with Crippen molar-refractivity contribution in [2.45, 2.75) is 31.4 Å². The normalized spacial score (nSPS) is 17.2. The number of hydrogen-bond donors (Lipinski definition) is 1. The highest BCUT2D eigenvalue weighted by atomic mass is 32.1. The Hall–Kier alpha value is -1.11. The van der Waals surface area contributed by atoms with Gasteiger partial charge in [-0.2, -0.15) is 13.2 Å². The fourth-order valence-electron chi connectivity index (χ4n) is 1.50. The molecule has 1 aliphatic rings. The van der Waals surface area contributed by atoms with Crippen LogP contribution in [0.15, 0.2) is 0 Å². The van der Waals surface area contributed by atoms with E-state index in [0.29, 0.717) is 16.3 Å². The predicted octanol–water partition coefficient (Wildman–Crippen LogP) is 3.13. The van der Waals surface area contributed by atoms with E-state index >= 15 is 0 Å². The van der Waals surface area contributed by atoms with Gasteiger partial charge in [-0.15, -0.1) is 11.3 Å². The van der Waals surface area contributed by atoms with Gasteiger partial charge in [0.1, 0.15) is 4.88 Å². The van der Waals surface area contributed by atoms with Crippen LogP contribution in [0.25, 0.3) is 0 Å². The highest BCUT2D eigenvalue weighted by Gasteiger charge is 2.40. The first-order valence-corrected chi connectivity index (χ1v) is 5.52. The Morgan fingerprint density at radius 2 is 2.06 bits per heavy atom. The number of nitrogens with zero attached hydrogens (tertiary/aromatic N) is 1. The molecule has 1 heterocycles. The molecule has 0 spiro atoms. The lowest BCUT2D eigenvalue weighted by Crippen LogP contribution is -2.12. The number of rotatable bonds is 2. The summed E-state index contributed by atoms with van der Waals surface area (Å²) < 4.78 is 37.5. The molecule has 0 saturated heterocycles. The van der Waals surface area contributed by atoms with Gasteiger partial charge in [0, 0.05) is 5.92 Å². The van der Waals surface area contributed by atoms with Crippen molar-refractivity contribution in [3.05, 3.63) is 15.6 Å². The van der Waals surface area contributed by atoms with Crippen LogP contribution in [0.4, 0.5) is 13.2 Å². The molecule has 1 fully saturated rings. The summed E-state index contributed by atoms with van der Waals surface area (Å²) >= 11 is 0.648. The third kappa shape index (κ3) is 1.91. The third-order valence-corrected chi connectivity index (χ3v) is 3.77. The van der Waals surface area contributed by atoms with E-state index in [1.165, 1.54) is 0 Å². The van der Waals surface area contributed by atoms with Crippen LogP contribution in [0.5, 0.6) is 0 Å². The van der Waals surface area contributed by atoms with Gasteiger partial charge in [-0.3, -0.25) is 0 Å². The Balaban J connectivity index is 2.41. The van der Waals surface area contributed by atoms with Crippen LogP contribution in [0.3, 0.4) is 0 Å². The Labute approximate surface area is 92.9 Å². The topological polar surface area (TPSA) is 50.2 Å². The average Bonchev–Trinajstić information content (AvgIpc) is 2.44. The molecule has 2 rings (SSSR count). The minimum atomic E-state index is -4.69. The molecule has 1 aliphatic carbocycles. The number of carbonyl (C=O) groups is 1. The van der Waals surface area contributed by atoms with Gasteiger partial charge in [0.25, 0.3) is 0 Å². The van der Waals surface area contributed by atoms with Crippen molar-refractivity contribution in [3.8, 4) is 0 Å². The summed E-state index contributed by atoms with van der Waals surface area (Å²) in [6, 6.07) is 0. The first-order valence-electron chi connectivity index (χ1n) is 4.71. The van der Waals surface area contributed by atoms with Crippen molar-refractivity contribution in [2.75, 3.05) is 0 Å². The molecule has 0 radical (unpaired) electrons. The van der Waals surface area contributed by atoms with E-state index in [2.05, 4.69) is 4.98 Å². The molecule has 0 amide bonds. The van der Waals surface area contributed by atoms with Gasteiger partial charge in [-0.1, -0.05) is 6.42 Å². The van der Waals surface area contributed by atoms with Crippen LogP contribution in [0, 0.1) is 0 Å². The van der Waals surface area contributed by atoms with Gasteiger partial charge in [0.2, 0.25) is 0 Å². The summed E-state index contributed by atoms with van der Waals surface area (Å²) in [5.41, 5.74) is -1.26. The fraction of sp³-hybridized carbons (Fsp3) is 0.556. The molecule has 3 nitrogen and oxygen atoms in total. The van der Waals surface area contributed by atoms with E-state index in [4.69, 9.17) is 5.11 Å². The van der Waals surface area contributed by atoms with Crippen LogP contribution in [-0.4, -0.2) is 16.1 Å². The summed E-state index contributed by atoms with van der Waals surface area (Å²) in [4.78, 5) is 13.4. The maximum atomic E-state index is 12.5. The molecule has 1 aromatic rings. The molecular formula is C9H8F3NO2S. The van der Waals surface area contributed by atoms with E-state index in [-0.39, 0.29) is 5.92 Å². The summed E-state index contributed by atoms with van der Waals surface area (Å²) in [6.07, 6.45) is -2.13. The first kappa shape index (κ1) is 11.4. The first-order chi connectivity index (χ1) is 7.39. The number of halogens is 3. The molecule has 1 N–H and O–H groups in total. The van der Waals surface area contributed by atoms with Crippen molar-refractivity contribution in [3.63, 3.8) is 0 Å². The molecule has 1 saturated carbocycles. The number of carboxylic acids is 1. The van der Waals surface area contributed by atoms with Crippen LogP contribution >= 0.6 is 11.3 Å². The van der Waals surface area contributed by atoms with Crippen molar-refractivity contribution < 1.29 is 23.1 Å². The summed E-state index contributed by atoms with van der Waals surface area (Å²) in [5.74, 6) is -1.55.